The van der Waals surface area contributed by atoms with Gasteiger partial charge in [-0.25, -0.2) is 9.78 Å². The lowest BCUT2D eigenvalue weighted by molar-refractivity contribution is -0.137. The molecular weight excluding hydrogens is 501 g/mol. The summed E-state index contributed by atoms with van der Waals surface area (Å²) in [7, 11) is 0. The van der Waals surface area contributed by atoms with Gasteiger partial charge in [0.2, 0.25) is 5.91 Å². The Hall–Kier alpha value is -4.28. The SMILES string of the molecule is CC12Oc3ccc(Oc4ccnc5c4CCC(=O)N5)cc3[C@H]1[C@@H]2NC(=O)NCc1ccc(C(F)(F)F)cc1. The smallest absolute Gasteiger partial charge is 0.416 e. The van der Waals surface area contributed by atoms with Crippen LogP contribution in [0.5, 0.6) is 17.2 Å². The molecule has 1 aromatic heterocycles. The van der Waals surface area contributed by atoms with Crippen molar-refractivity contribution < 1.29 is 32.2 Å². The molecule has 11 heteroatoms. The highest BCUT2D eigenvalue weighted by molar-refractivity contribution is 5.93. The van der Waals surface area contributed by atoms with E-state index in [1.807, 2.05) is 19.1 Å². The summed E-state index contributed by atoms with van der Waals surface area (Å²) in [4.78, 5) is 28.4. The normalized spacial score (nSPS) is 22.8. The van der Waals surface area contributed by atoms with Gasteiger partial charge in [0.25, 0.3) is 0 Å². The van der Waals surface area contributed by atoms with Gasteiger partial charge >= 0.3 is 12.2 Å². The van der Waals surface area contributed by atoms with Crippen molar-refractivity contribution in [3.63, 3.8) is 0 Å². The molecule has 0 radical (unpaired) electrons. The Balaban J connectivity index is 1.10. The first-order valence-corrected chi connectivity index (χ1v) is 12.1. The van der Waals surface area contributed by atoms with Crippen molar-refractivity contribution in [2.24, 2.45) is 0 Å². The second-order valence-electron chi connectivity index (χ2n) is 9.75. The topological polar surface area (TPSA) is 102 Å². The number of aromatic nitrogens is 1. The summed E-state index contributed by atoms with van der Waals surface area (Å²) in [6, 6.07) is 11.2. The Morgan fingerprint density at radius 1 is 1.18 bits per heavy atom. The molecule has 1 saturated carbocycles. The van der Waals surface area contributed by atoms with Gasteiger partial charge in [-0.1, -0.05) is 12.1 Å². The van der Waals surface area contributed by atoms with Crippen LogP contribution in [0.15, 0.2) is 54.7 Å². The molecule has 3 aliphatic rings. The maximum Gasteiger partial charge on any atom is 0.416 e. The Bertz CT molecular complexity index is 1440. The van der Waals surface area contributed by atoms with Crippen molar-refractivity contribution in [1.29, 1.82) is 0 Å². The zero-order valence-electron chi connectivity index (χ0n) is 20.2. The Labute approximate surface area is 215 Å². The summed E-state index contributed by atoms with van der Waals surface area (Å²) in [5, 5.41) is 8.36. The minimum Gasteiger partial charge on any atom is -0.484 e. The van der Waals surface area contributed by atoms with Gasteiger partial charge in [-0.3, -0.25) is 4.79 Å². The number of pyridine rings is 1. The van der Waals surface area contributed by atoms with Crippen molar-refractivity contribution in [1.82, 2.24) is 15.6 Å². The number of rotatable bonds is 5. The minimum absolute atomic E-state index is 0.0770. The van der Waals surface area contributed by atoms with Gasteiger partial charge < -0.3 is 25.4 Å². The Morgan fingerprint density at radius 2 is 1.97 bits per heavy atom. The van der Waals surface area contributed by atoms with Crippen LogP contribution < -0.4 is 25.4 Å². The van der Waals surface area contributed by atoms with Gasteiger partial charge in [0, 0.05) is 30.3 Å². The monoisotopic (exact) mass is 524 g/mol. The molecule has 1 aliphatic carbocycles. The molecule has 38 heavy (non-hydrogen) atoms. The van der Waals surface area contributed by atoms with Gasteiger partial charge in [0.05, 0.1) is 17.5 Å². The fraction of sp³-hybridized carbons (Fsp3) is 0.296. The number of ether oxygens (including phenoxy) is 2. The van der Waals surface area contributed by atoms with Gasteiger partial charge in [-0.15, -0.1) is 0 Å². The highest BCUT2D eigenvalue weighted by atomic mass is 19.4. The third-order valence-corrected chi connectivity index (χ3v) is 7.23. The molecule has 2 aliphatic heterocycles. The van der Waals surface area contributed by atoms with Crippen LogP contribution in [0.3, 0.4) is 0 Å². The van der Waals surface area contributed by atoms with Gasteiger partial charge in [0.1, 0.15) is 28.7 Å². The molecule has 196 valence electrons. The molecule has 3 heterocycles. The summed E-state index contributed by atoms with van der Waals surface area (Å²) in [5.41, 5.74) is 0.960. The van der Waals surface area contributed by atoms with E-state index in [-0.39, 0.29) is 24.4 Å². The average Bonchev–Trinajstić information content (AvgIpc) is 3.30. The van der Waals surface area contributed by atoms with E-state index in [9.17, 15) is 22.8 Å². The third kappa shape index (κ3) is 4.27. The number of alkyl halides is 3. The molecule has 6 rings (SSSR count). The largest absolute Gasteiger partial charge is 0.484 e. The Kier molecular flexibility index (Phi) is 5.48. The molecule has 0 saturated heterocycles. The molecule has 3 atom stereocenters. The second kappa shape index (κ2) is 8.64. The summed E-state index contributed by atoms with van der Waals surface area (Å²) < 4.78 is 50.5. The van der Waals surface area contributed by atoms with Gasteiger partial charge in [-0.05, 0) is 55.3 Å². The summed E-state index contributed by atoms with van der Waals surface area (Å²) in [5.74, 6) is 2.28. The average molecular weight is 524 g/mol. The first-order valence-electron chi connectivity index (χ1n) is 12.1. The number of hydrogen-bond acceptors (Lipinski definition) is 5. The van der Waals surface area contributed by atoms with E-state index in [0.29, 0.717) is 35.7 Å². The van der Waals surface area contributed by atoms with Crippen molar-refractivity contribution >= 4 is 17.8 Å². The molecule has 3 N–H and O–H groups in total. The molecule has 1 fully saturated rings. The van der Waals surface area contributed by atoms with Crippen molar-refractivity contribution in [3.8, 4) is 17.2 Å². The molecular formula is C27H23F3N4O4. The zero-order chi connectivity index (χ0) is 26.7. The summed E-state index contributed by atoms with van der Waals surface area (Å²) in [6.07, 6.45) is -1.93. The number of benzene rings is 2. The van der Waals surface area contributed by atoms with Crippen LogP contribution in [-0.2, 0) is 23.9 Å². The summed E-state index contributed by atoms with van der Waals surface area (Å²) in [6.45, 7) is 2.01. The molecule has 3 aromatic rings. The number of nitrogens with one attached hydrogen (secondary N) is 3. The minimum atomic E-state index is -4.40. The molecule has 1 unspecified atom stereocenters. The molecule has 8 nitrogen and oxygen atoms in total. The predicted molar refractivity (Wildman–Crippen MR) is 130 cm³/mol. The van der Waals surface area contributed by atoms with Crippen molar-refractivity contribution in [3.05, 3.63) is 77.0 Å². The van der Waals surface area contributed by atoms with Crippen LogP contribution in [-0.4, -0.2) is 28.6 Å². The number of anilines is 1. The van der Waals surface area contributed by atoms with E-state index in [1.165, 1.54) is 12.1 Å². The number of amides is 3. The lowest BCUT2D eigenvalue weighted by Crippen LogP contribution is -2.40. The van der Waals surface area contributed by atoms with E-state index >= 15 is 0 Å². The quantitative estimate of drug-likeness (QED) is 0.441. The first-order chi connectivity index (χ1) is 18.1. The van der Waals surface area contributed by atoms with Crippen LogP contribution >= 0.6 is 0 Å². The summed E-state index contributed by atoms with van der Waals surface area (Å²) >= 11 is 0. The number of carbonyl (C=O) groups excluding carboxylic acids is 2. The number of nitrogens with zero attached hydrogens (tertiary/aromatic N) is 1. The fourth-order valence-electron chi connectivity index (χ4n) is 5.16. The predicted octanol–water partition coefficient (Wildman–Crippen LogP) is 4.89. The van der Waals surface area contributed by atoms with Crippen LogP contribution in [0.4, 0.5) is 23.8 Å². The molecule has 0 spiro atoms. The first kappa shape index (κ1) is 24.1. The molecule has 3 amide bonds. The van der Waals surface area contributed by atoms with E-state index < -0.39 is 23.4 Å². The second-order valence-corrected chi connectivity index (χ2v) is 9.75. The highest BCUT2D eigenvalue weighted by Gasteiger charge is 2.70. The van der Waals surface area contributed by atoms with Crippen LogP contribution in [0, 0.1) is 0 Å². The van der Waals surface area contributed by atoms with E-state index in [0.717, 1.165) is 29.0 Å². The zero-order valence-corrected chi connectivity index (χ0v) is 20.2. The third-order valence-electron chi connectivity index (χ3n) is 7.23. The molecule has 2 aromatic carbocycles. The Morgan fingerprint density at radius 3 is 2.74 bits per heavy atom. The lowest BCUT2D eigenvalue weighted by atomic mass is 10.1. The van der Waals surface area contributed by atoms with E-state index in [1.54, 1.807) is 18.3 Å². The maximum absolute atomic E-state index is 12.7. The standard InChI is InChI=1S/C27H23F3N4O4/c1-26-22(23(26)34-25(36)32-13-14-2-4-15(5-3-14)27(28,29)30)18-12-16(6-8-20(18)38-26)37-19-10-11-31-24-17(19)7-9-21(35)33-24/h2-6,8,10-12,22-23H,7,9,13H2,1H3,(H,31,33,35)(H2,32,34,36)/t22-,23-,26?/m0/s1. The highest BCUT2D eigenvalue weighted by Crippen LogP contribution is 2.62. The number of urea groups is 1. The number of halogens is 3. The fourth-order valence-corrected chi connectivity index (χ4v) is 5.16. The van der Waals surface area contributed by atoms with Crippen LogP contribution in [0.1, 0.15) is 41.5 Å². The van der Waals surface area contributed by atoms with E-state index in [4.69, 9.17) is 9.47 Å². The molecule has 0 bridgehead atoms. The van der Waals surface area contributed by atoms with E-state index in [2.05, 4.69) is 20.9 Å². The van der Waals surface area contributed by atoms with Crippen LogP contribution in [0.2, 0.25) is 0 Å². The number of hydrogen-bond donors (Lipinski definition) is 3. The van der Waals surface area contributed by atoms with Gasteiger partial charge in [-0.2, -0.15) is 13.2 Å². The number of carbonyl (C=O) groups is 2. The van der Waals surface area contributed by atoms with Crippen LogP contribution in [0.25, 0.3) is 0 Å². The number of fused-ring (bicyclic) bond motifs is 4. The maximum atomic E-state index is 12.7. The van der Waals surface area contributed by atoms with Gasteiger partial charge in [0.15, 0.2) is 0 Å². The lowest BCUT2D eigenvalue weighted by Gasteiger charge is -2.19. The van der Waals surface area contributed by atoms with Crippen molar-refractivity contribution in [2.45, 2.75) is 50.0 Å². The van der Waals surface area contributed by atoms with Crippen molar-refractivity contribution in [2.75, 3.05) is 5.32 Å².